The van der Waals surface area contributed by atoms with Gasteiger partial charge in [-0.3, -0.25) is 9.59 Å². The second-order valence-corrected chi connectivity index (χ2v) is 9.52. The van der Waals surface area contributed by atoms with Crippen LogP contribution in [0, 0.1) is 25.5 Å². The Hall–Kier alpha value is -3.43. The first-order valence-electron chi connectivity index (χ1n) is 11.5. The van der Waals surface area contributed by atoms with Gasteiger partial charge < -0.3 is 9.30 Å². The monoisotopic (exact) mass is 512 g/mol. The van der Waals surface area contributed by atoms with Gasteiger partial charge in [0.15, 0.2) is 5.65 Å². The molecule has 1 aliphatic rings. The van der Waals surface area contributed by atoms with Gasteiger partial charge in [0.25, 0.3) is 5.56 Å². The molecule has 7 nitrogen and oxygen atoms in total. The third kappa shape index (κ3) is 4.22. The summed E-state index contributed by atoms with van der Waals surface area (Å²) in [6.07, 6.45) is 2.52. The second-order valence-electron chi connectivity index (χ2n) is 9.08. The first-order valence-corrected chi connectivity index (χ1v) is 11.9. The SMILES string of the molecule is Cc1nc2c(-c3c(F)cc(Cl)cc3F)cc([C@@H]3CCO[C@H](c4ccc(=O)n(C)c4)C3)nn2c(=O)c1C. The van der Waals surface area contributed by atoms with Gasteiger partial charge in [0.1, 0.15) is 11.6 Å². The van der Waals surface area contributed by atoms with E-state index in [1.54, 1.807) is 39.2 Å². The average Bonchev–Trinajstić information content (AvgIpc) is 2.84. The summed E-state index contributed by atoms with van der Waals surface area (Å²) in [5.74, 6) is -1.89. The quantitative estimate of drug-likeness (QED) is 0.399. The minimum atomic E-state index is -0.860. The first kappa shape index (κ1) is 24.3. The molecule has 1 saturated heterocycles. The Morgan fingerprint density at radius 3 is 2.53 bits per heavy atom. The molecule has 2 atom stereocenters. The molecule has 1 aliphatic heterocycles. The van der Waals surface area contributed by atoms with Crippen LogP contribution in [0.1, 0.15) is 47.4 Å². The van der Waals surface area contributed by atoms with Crippen LogP contribution in [0.4, 0.5) is 8.78 Å². The van der Waals surface area contributed by atoms with Crippen LogP contribution in [0.3, 0.4) is 0 Å². The maximum atomic E-state index is 15.0. The number of halogens is 3. The molecule has 4 heterocycles. The normalized spacial score (nSPS) is 18.1. The number of hydrogen-bond acceptors (Lipinski definition) is 5. The second kappa shape index (κ2) is 9.22. The van der Waals surface area contributed by atoms with E-state index in [0.717, 1.165) is 22.2 Å². The lowest BCUT2D eigenvalue weighted by Crippen LogP contribution is -2.26. The highest BCUT2D eigenvalue weighted by Crippen LogP contribution is 2.39. The van der Waals surface area contributed by atoms with Gasteiger partial charge in [0, 0.05) is 53.7 Å². The highest BCUT2D eigenvalue weighted by atomic mass is 35.5. The molecule has 0 spiro atoms. The molecule has 0 bridgehead atoms. The van der Waals surface area contributed by atoms with Crippen LogP contribution >= 0.6 is 11.6 Å². The van der Waals surface area contributed by atoms with Crippen LogP contribution in [0.2, 0.25) is 5.02 Å². The first-order chi connectivity index (χ1) is 17.1. The standard InChI is InChI=1S/C26H23ClF2N4O3/c1-13-14(2)30-25-18(24-19(28)9-17(27)10-20(24)29)11-21(31-33(25)26(13)35)15-6-7-36-22(8-15)16-4-5-23(34)32(3)12-16/h4-5,9-12,15,22H,6-8H2,1-3H3/t15-,22+/m1/s1. The van der Waals surface area contributed by atoms with Crippen molar-refractivity contribution in [3.63, 3.8) is 0 Å². The fourth-order valence-electron chi connectivity index (χ4n) is 4.61. The van der Waals surface area contributed by atoms with Crippen LogP contribution in [-0.2, 0) is 11.8 Å². The number of ether oxygens (including phenoxy) is 1. The average molecular weight is 513 g/mol. The lowest BCUT2D eigenvalue weighted by atomic mass is 9.88. The van der Waals surface area contributed by atoms with E-state index in [0.29, 0.717) is 36.4 Å². The van der Waals surface area contributed by atoms with E-state index in [-0.39, 0.29) is 39.4 Å². The summed E-state index contributed by atoms with van der Waals surface area (Å²) < 4.78 is 38.6. The number of fused-ring (bicyclic) bond motifs is 1. The van der Waals surface area contributed by atoms with Gasteiger partial charge in [-0.1, -0.05) is 11.6 Å². The summed E-state index contributed by atoms with van der Waals surface area (Å²) in [7, 11) is 1.67. The van der Waals surface area contributed by atoms with E-state index in [1.165, 1.54) is 10.6 Å². The van der Waals surface area contributed by atoms with Crippen LogP contribution in [-0.4, -0.2) is 25.8 Å². The van der Waals surface area contributed by atoms with Crippen molar-refractivity contribution in [1.29, 1.82) is 0 Å². The molecule has 1 aromatic carbocycles. The summed E-state index contributed by atoms with van der Waals surface area (Å²) in [6, 6.07) is 6.87. The highest BCUT2D eigenvalue weighted by Gasteiger charge is 2.29. The van der Waals surface area contributed by atoms with Crippen LogP contribution in [0.5, 0.6) is 0 Å². The van der Waals surface area contributed by atoms with Crippen molar-refractivity contribution >= 4 is 17.2 Å². The molecule has 4 aromatic rings. The third-order valence-corrected chi connectivity index (χ3v) is 6.96. The largest absolute Gasteiger partial charge is 0.373 e. The zero-order valence-electron chi connectivity index (χ0n) is 19.9. The van der Waals surface area contributed by atoms with Crippen molar-refractivity contribution in [2.24, 2.45) is 7.05 Å². The minimum absolute atomic E-state index is 0.0636. The molecule has 0 aliphatic carbocycles. The molecule has 0 N–H and O–H groups in total. The highest BCUT2D eigenvalue weighted by molar-refractivity contribution is 6.30. The van der Waals surface area contributed by atoms with Gasteiger partial charge in [-0.05, 0) is 56.5 Å². The Morgan fingerprint density at radius 1 is 1.11 bits per heavy atom. The predicted molar refractivity (Wildman–Crippen MR) is 131 cm³/mol. The molecule has 186 valence electrons. The van der Waals surface area contributed by atoms with E-state index in [1.807, 2.05) is 0 Å². The fraction of sp³-hybridized carbons (Fsp3) is 0.308. The third-order valence-electron chi connectivity index (χ3n) is 6.74. The van der Waals surface area contributed by atoms with Crippen molar-refractivity contribution in [3.05, 3.63) is 96.4 Å². The number of pyridine rings is 1. The van der Waals surface area contributed by atoms with Crippen molar-refractivity contribution in [2.45, 2.75) is 38.7 Å². The summed E-state index contributed by atoms with van der Waals surface area (Å²) in [5.41, 5.74) is 1.51. The number of aromatic nitrogens is 4. The Balaban J connectivity index is 1.68. The molecule has 36 heavy (non-hydrogen) atoms. The van der Waals surface area contributed by atoms with E-state index in [2.05, 4.69) is 10.1 Å². The predicted octanol–water partition coefficient (Wildman–Crippen LogP) is 4.64. The number of hydrogen-bond donors (Lipinski definition) is 0. The van der Waals surface area contributed by atoms with Gasteiger partial charge in [-0.15, -0.1) is 0 Å². The molecule has 0 saturated carbocycles. The van der Waals surface area contributed by atoms with Crippen molar-refractivity contribution in [2.75, 3.05) is 6.61 Å². The van der Waals surface area contributed by atoms with Crippen molar-refractivity contribution in [1.82, 2.24) is 19.2 Å². The number of nitrogens with zero attached hydrogens (tertiary/aromatic N) is 4. The van der Waals surface area contributed by atoms with E-state index < -0.39 is 17.2 Å². The topological polar surface area (TPSA) is 78.5 Å². The van der Waals surface area contributed by atoms with E-state index >= 15 is 8.78 Å². The molecule has 0 radical (unpaired) electrons. The van der Waals surface area contributed by atoms with Crippen LogP contribution < -0.4 is 11.1 Å². The van der Waals surface area contributed by atoms with E-state index in [4.69, 9.17) is 16.3 Å². The van der Waals surface area contributed by atoms with Gasteiger partial charge in [-0.25, -0.2) is 13.8 Å². The maximum Gasteiger partial charge on any atom is 0.277 e. The maximum absolute atomic E-state index is 15.0. The van der Waals surface area contributed by atoms with Gasteiger partial charge >= 0.3 is 0 Å². The van der Waals surface area contributed by atoms with Gasteiger partial charge in [-0.2, -0.15) is 9.61 Å². The molecule has 1 fully saturated rings. The smallest absolute Gasteiger partial charge is 0.277 e. The molecular weight excluding hydrogens is 490 g/mol. The number of benzene rings is 1. The summed E-state index contributed by atoms with van der Waals surface area (Å²) in [4.78, 5) is 29.4. The summed E-state index contributed by atoms with van der Waals surface area (Å²) >= 11 is 5.85. The van der Waals surface area contributed by atoms with E-state index in [9.17, 15) is 9.59 Å². The Bertz CT molecular complexity index is 1610. The number of rotatable bonds is 3. The van der Waals surface area contributed by atoms with Crippen LogP contribution in [0.15, 0.2) is 46.1 Å². The lowest BCUT2D eigenvalue weighted by Gasteiger charge is -2.30. The zero-order valence-corrected chi connectivity index (χ0v) is 20.6. The van der Waals surface area contributed by atoms with Crippen molar-refractivity contribution in [3.8, 4) is 11.1 Å². The zero-order chi connectivity index (χ0) is 25.7. The summed E-state index contributed by atoms with van der Waals surface area (Å²) in [5, 5.41) is 4.51. The number of aryl methyl sites for hydroxylation is 2. The molecular formula is C26H23ClF2N4O3. The molecule has 0 amide bonds. The van der Waals surface area contributed by atoms with Crippen molar-refractivity contribution < 1.29 is 13.5 Å². The Kier molecular flexibility index (Phi) is 6.22. The molecule has 3 aromatic heterocycles. The van der Waals surface area contributed by atoms with Crippen LogP contribution in [0.25, 0.3) is 16.8 Å². The molecule has 5 rings (SSSR count). The lowest BCUT2D eigenvalue weighted by molar-refractivity contribution is 0.00411. The molecule has 10 heteroatoms. The van der Waals surface area contributed by atoms with Gasteiger partial charge in [0.05, 0.1) is 17.4 Å². The Morgan fingerprint density at radius 2 is 1.83 bits per heavy atom. The Labute approximate surface area is 209 Å². The fourth-order valence-corrected chi connectivity index (χ4v) is 4.80. The minimum Gasteiger partial charge on any atom is -0.373 e. The molecule has 0 unspecified atom stereocenters. The summed E-state index contributed by atoms with van der Waals surface area (Å²) in [6.45, 7) is 3.72. The van der Waals surface area contributed by atoms with Gasteiger partial charge in [0.2, 0.25) is 5.56 Å².